The van der Waals surface area contributed by atoms with Crippen LogP contribution < -0.4 is 5.48 Å². The smallest absolute Gasteiger partial charge is 0.336 e. The number of carboxylic acids is 1. The Morgan fingerprint density at radius 2 is 2.55 bits per heavy atom. The summed E-state index contributed by atoms with van der Waals surface area (Å²) in [7, 11) is 0. The first kappa shape index (κ1) is 8.07. The van der Waals surface area contributed by atoms with Gasteiger partial charge in [-0.15, -0.1) is 5.48 Å². The maximum atomic E-state index is 10.6. The Hall–Kier alpha value is -1.03. The zero-order chi connectivity index (χ0) is 8.48. The van der Waals surface area contributed by atoms with Gasteiger partial charge >= 0.3 is 5.97 Å². The molecular formula is C7H11NO3. The van der Waals surface area contributed by atoms with Crippen molar-refractivity contribution in [1.82, 2.24) is 5.48 Å². The SMILES string of the molecule is CCC1(C)NOC=C1C(=O)O. The van der Waals surface area contributed by atoms with E-state index in [4.69, 9.17) is 9.94 Å². The first-order valence-corrected chi connectivity index (χ1v) is 3.47. The number of rotatable bonds is 2. The molecule has 1 unspecified atom stereocenters. The van der Waals surface area contributed by atoms with Crippen molar-refractivity contribution in [2.24, 2.45) is 0 Å². The minimum absolute atomic E-state index is 0.278. The number of hydrogen-bond acceptors (Lipinski definition) is 3. The van der Waals surface area contributed by atoms with Crippen LogP contribution in [-0.2, 0) is 9.63 Å². The number of nitrogens with one attached hydrogen (secondary N) is 1. The third-order valence-corrected chi connectivity index (χ3v) is 1.99. The highest BCUT2D eigenvalue weighted by Crippen LogP contribution is 2.24. The van der Waals surface area contributed by atoms with E-state index in [1.807, 2.05) is 6.92 Å². The molecule has 0 aromatic rings. The molecule has 1 heterocycles. The predicted molar refractivity (Wildman–Crippen MR) is 38.6 cm³/mol. The van der Waals surface area contributed by atoms with Crippen LogP contribution in [0.2, 0.25) is 0 Å². The van der Waals surface area contributed by atoms with Crippen molar-refractivity contribution in [1.29, 1.82) is 0 Å². The predicted octanol–water partition coefficient (Wildman–Crippen LogP) is 0.658. The van der Waals surface area contributed by atoms with Crippen LogP contribution in [-0.4, -0.2) is 16.6 Å². The van der Waals surface area contributed by atoms with Gasteiger partial charge < -0.3 is 9.94 Å². The van der Waals surface area contributed by atoms with E-state index in [0.717, 1.165) is 0 Å². The van der Waals surface area contributed by atoms with Gasteiger partial charge in [0.15, 0.2) is 0 Å². The maximum absolute atomic E-state index is 10.6. The molecule has 0 aliphatic carbocycles. The van der Waals surface area contributed by atoms with E-state index >= 15 is 0 Å². The van der Waals surface area contributed by atoms with Crippen LogP contribution in [0.1, 0.15) is 20.3 Å². The van der Waals surface area contributed by atoms with Gasteiger partial charge in [-0.2, -0.15) is 0 Å². The van der Waals surface area contributed by atoms with Crippen LogP contribution in [0.5, 0.6) is 0 Å². The number of aliphatic carboxylic acids is 1. The molecule has 11 heavy (non-hydrogen) atoms. The van der Waals surface area contributed by atoms with E-state index in [0.29, 0.717) is 6.42 Å². The molecule has 0 fully saturated rings. The third-order valence-electron chi connectivity index (χ3n) is 1.99. The monoisotopic (exact) mass is 157 g/mol. The first-order valence-electron chi connectivity index (χ1n) is 3.47. The van der Waals surface area contributed by atoms with Crippen LogP contribution in [0, 0.1) is 0 Å². The van der Waals surface area contributed by atoms with Gasteiger partial charge in [0, 0.05) is 0 Å². The number of hydroxylamine groups is 1. The summed E-state index contributed by atoms with van der Waals surface area (Å²) in [5.74, 6) is -0.931. The molecule has 0 saturated carbocycles. The Morgan fingerprint density at radius 3 is 2.91 bits per heavy atom. The van der Waals surface area contributed by atoms with Gasteiger partial charge in [0.2, 0.25) is 0 Å². The molecule has 2 N–H and O–H groups in total. The van der Waals surface area contributed by atoms with Crippen LogP contribution in [0.3, 0.4) is 0 Å². The lowest BCUT2D eigenvalue weighted by molar-refractivity contribution is -0.133. The van der Waals surface area contributed by atoms with Crippen molar-refractivity contribution in [3.05, 3.63) is 11.8 Å². The Morgan fingerprint density at radius 1 is 1.91 bits per heavy atom. The Kier molecular flexibility index (Phi) is 1.87. The molecule has 0 aromatic heterocycles. The van der Waals surface area contributed by atoms with Crippen molar-refractivity contribution in [3.8, 4) is 0 Å². The van der Waals surface area contributed by atoms with Gasteiger partial charge in [-0.1, -0.05) is 6.92 Å². The van der Waals surface area contributed by atoms with E-state index in [1.165, 1.54) is 6.26 Å². The van der Waals surface area contributed by atoms with Gasteiger partial charge in [-0.3, -0.25) is 0 Å². The molecule has 0 amide bonds. The summed E-state index contributed by atoms with van der Waals surface area (Å²) in [6.45, 7) is 3.69. The summed E-state index contributed by atoms with van der Waals surface area (Å²) in [4.78, 5) is 15.3. The zero-order valence-electron chi connectivity index (χ0n) is 6.55. The lowest BCUT2D eigenvalue weighted by Crippen LogP contribution is -2.40. The largest absolute Gasteiger partial charge is 0.478 e. The van der Waals surface area contributed by atoms with Crippen LogP contribution in [0.15, 0.2) is 11.8 Å². The number of carbonyl (C=O) groups is 1. The van der Waals surface area contributed by atoms with Gasteiger partial charge in [-0.05, 0) is 13.3 Å². The molecule has 62 valence electrons. The quantitative estimate of drug-likeness (QED) is 0.618. The second-order valence-electron chi connectivity index (χ2n) is 2.74. The second kappa shape index (κ2) is 2.54. The molecule has 0 saturated heterocycles. The van der Waals surface area contributed by atoms with Gasteiger partial charge in [0.1, 0.15) is 6.26 Å². The lowest BCUT2D eigenvalue weighted by atomic mass is 9.92. The van der Waals surface area contributed by atoms with Crippen LogP contribution >= 0.6 is 0 Å². The summed E-state index contributed by atoms with van der Waals surface area (Å²) < 4.78 is 0. The molecule has 4 heteroatoms. The molecule has 0 radical (unpaired) electrons. The zero-order valence-corrected chi connectivity index (χ0v) is 6.55. The molecule has 1 rings (SSSR count). The van der Waals surface area contributed by atoms with Crippen molar-refractivity contribution >= 4 is 5.97 Å². The highest BCUT2D eigenvalue weighted by Gasteiger charge is 2.36. The van der Waals surface area contributed by atoms with Crippen LogP contribution in [0.4, 0.5) is 0 Å². The summed E-state index contributed by atoms with van der Waals surface area (Å²) in [6, 6.07) is 0. The number of carboxylic acid groups (broad SMARTS) is 1. The van der Waals surface area contributed by atoms with Crippen LogP contribution in [0.25, 0.3) is 0 Å². The molecular weight excluding hydrogens is 146 g/mol. The molecule has 0 bridgehead atoms. The van der Waals surface area contributed by atoms with E-state index in [2.05, 4.69) is 5.48 Å². The first-order chi connectivity index (χ1) is 5.10. The van der Waals surface area contributed by atoms with E-state index in [1.54, 1.807) is 6.92 Å². The summed E-state index contributed by atoms with van der Waals surface area (Å²) >= 11 is 0. The fraction of sp³-hybridized carbons (Fsp3) is 0.571. The van der Waals surface area contributed by atoms with Gasteiger partial charge in [0.05, 0.1) is 11.1 Å². The maximum Gasteiger partial charge on any atom is 0.336 e. The Bertz CT molecular complexity index is 212. The highest BCUT2D eigenvalue weighted by molar-refractivity contribution is 5.89. The molecule has 0 spiro atoms. The minimum Gasteiger partial charge on any atom is -0.478 e. The normalized spacial score (nSPS) is 29.5. The molecule has 1 atom stereocenters. The minimum atomic E-state index is -0.931. The molecule has 1 aliphatic rings. The summed E-state index contributed by atoms with van der Waals surface area (Å²) in [5, 5.41) is 8.69. The van der Waals surface area contributed by atoms with E-state index < -0.39 is 11.5 Å². The summed E-state index contributed by atoms with van der Waals surface area (Å²) in [6.07, 6.45) is 1.93. The average molecular weight is 157 g/mol. The lowest BCUT2D eigenvalue weighted by Gasteiger charge is -2.21. The van der Waals surface area contributed by atoms with E-state index in [-0.39, 0.29) is 5.57 Å². The molecule has 4 nitrogen and oxygen atoms in total. The highest BCUT2D eigenvalue weighted by atomic mass is 16.6. The molecule has 1 aliphatic heterocycles. The Labute approximate surface area is 64.8 Å². The Balaban J connectivity index is 2.86. The fourth-order valence-corrected chi connectivity index (χ4v) is 0.953. The van der Waals surface area contributed by atoms with Crippen molar-refractivity contribution in [3.63, 3.8) is 0 Å². The standard InChI is InChI=1S/C7H11NO3/c1-3-7(2)5(6(9)10)4-11-8-7/h4,8H,3H2,1-2H3,(H,9,10). The second-order valence-corrected chi connectivity index (χ2v) is 2.74. The van der Waals surface area contributed by atoms with Crippen molar-refractivity contribution in [2.75, 3.05) is 0 Å². The molecule has 0 aromatic carbocycles. The number of hydrogen-bond donors (Lipinski definition) is 2. The topological polar surface area (TPSA) is 58.6 Å². The van der Waals surface area contributed by atoms with Crippen molar-refractivity contribution in [2.45, 2.75) is 25.8 Å². The average Bonchev–Trinajstić information content (AvgIpc) is 2.32. The third kappa shape index (κ3) is 1.21. The fourth-order valence-electron chi connectivity index (χ4n) is 0.953. The van der Waals surface area contributed by atoms with E-state index in [9.17, 15) is 4.79 Å². The summed E-state index contributed by atoms with van der Waals surface area (Å²) in [5.41, 5.74) is 2.38. The van der Waals surface area contributed by atoms with Gasteiger partial charge in [-0.25, -0.2) is 4.79 Å². The van der Waals surface area contributed by atoms with Gasteiger partial charge in [0.25, 0.3) is 0 Å². The van der Waals surface area contributed by atoms with Crippen molar-refractivity contribution < 1.29 is 14.7 Å².